The van der Waals surface area contributed by atoms with Crippen molar-refractivity contribution in [2.45, 2.75) is 233 Å². The predicted octanol–water partition coefficient (Wildman–Crippen LogP) is 11.6. The van der Waals surface area contributed by atoms with E-state index in [1.807, 2.05) is 0 Å². The van der Waals surface area contributed by atoms with Crippen molar-refractivity contribution >= 4 is 17.8 Å². The number of nitrogens with one attached hydrogen (secondary N) is 3. The lowest BCUT2D eigenvalue weighted by molar-refractivity contribution is -0.288. The molecule has 2 fully saturated rings. The van der Waals surface area contributed by atoms with Crippen LogP contribution in [0.4, 0.5) is 17.8 Å². The Morgan fingerprint density at radius 3 is 1.16 bits per heavy atom. The third-order valence-corrected chi connectivity index (χ3v) is 12.5. The van der Waals surface area contributed by atoms with Crippen LogP contribution in [0.3, 0.4) is 0 Å². The van der Waals surface area contributed by atoms with Gasteiger partial charge in [-0.15, -0.1) is 0 Å². The van der Waals surface area contributed by atoms with Crippen LogP contribution in [0.2, 0.25) is 0 Å². The largest absolute Gasteiger partial charge is 0.395 e. The Morgan fingerprint density at radius 1 is 0.483 bits per heavy atom. The molecule has 3 heterocycles. The molecular weight excluding hydrogens is 725 g/mol. The van der Waals surface area contributed by atoms with Gasteiger partial charge < -0.3 is 21.1 Å². The van der Waals surface area contributed by atoms with E-state index in [2.05, 4.69) is 105 Å². The van der Waals surface area contributed by atoms with E-state index in [1.165, 1.54) is 77.0 Å². The van der Waals surface area contributed by atoms with Gasteiger partial charge in [0, 0.05) is 41.8 Å². The molecule has 4 N–H and O–H groups in total. The van der Waals surface area contributed by atoms with E-state index in [4.69, 9.17) is 14.7 Å². The average Bonchev–Trinajstić information content (AvgIpc) is 3.13. The predicted molar refractivity (Wildman–Crippen MR) is 244 cm³/mol. The fourth-order valence-electron chi connectivity index (χ4n) is 10.4. The van der Waals surface area contributed by atoms with Crippen LogP contribution in [0.1, 0.15) is 210 Å². The number of unbranched alkanes of at least 4 members (excludes halogenated alkanes) is 12. The van der Waals surface area contributed by atoms with Crippen LogP contribution in [0.5, 0.6) is 0 Å². The second kappa shape index (κ2) is 25.9. The number of rotatable bonds is 31. The first kappa shape index (κ1) is 50.6. The molecule has 3 rings (SSSR count). The van der Waals surface area contributed by atoms with Gasteiger partial charge in [0.2, 0.25) is 17.8 Å². The van der Waals surface area contributed by atoms with Crippen LogP contribution in [-0.4, -0.2) is 91.8 Å². The SMILES string of the molecule is CCCCCCCCON1C(C)(C)CC(CCCCNc2nc(NCCO)nc(NCCCCC3CC(C)(C)N(OCCCCCCCC)C(C)(C)C3)n2)CC1(C)C. The number of nitrogens with zero attached hydrogens (tertiary/aromatic N) is 5. The highest BCUT2D eigenvalue weighted by atomic mass is 16.7. The Balaban J connectivity index is 1.39. The number of piperidine rings is 2. The van der Waals surface area contributed by atoms with E-state index in [-0.39, 0.29) is 28.8 Å². The maximum Gasteiger partial charge on any atom is 0.229 e. The molecule has 338 valence electrons. The minimum Gasteiger partial charge on any atom is -0.395 e. The summed E-state index contributed by atoms with van der Waals surface area (Å²) in [5.41, 5.74) is 0.0820. The van der Waals surface area contributed by atoms with Gasteiger partial charge in [0.25, 0.3) is 0 Å². The van der Waals surface area contributed by atoms with Crippen molar-refractivity contribution in [3.63, 3.8) is 0 Å². The number of aliphatic hydroxyl groups is 1. The lowest BCUT2D eigenvalue weighted by atomic mass is 9.73. The van der Waals surface area contributed by atoms with Crippen molar-refractivity contribution in [3.05, 3.63) is 0 Å². The lowest BCUT2D eigenvalue weighted by Crippen LogP contribution is -2.60. The zero-order valence-electron chi connectivity index (χ0n) is 39.5. The smallest absolute Gasteiger partial charge is 0.229 e. The second-order valence-electron chi connectivity index (χ2n) is 20.4. The first-order valence-corrected chi connectivity index (χ1v) is 24.1. The molecule has 58 heavy (non-hydrogen) atoms. The zero-order valence-corrected chi connectivity index (χ0v) is 39.5. The molecule has 1 aromatic rings. The summed E-state index contributed by atoms with van der Waals surface area (Å²) in [6.45, 7) is 27.1. The molecule has 0 unspecified atom stereocenters. The van der Waals surface area contributed by atoms with Gasteiger partial charge in [-0.05, 0) is 119 Å². The number of aliphatic hydroxyl groups excluding tert-OH is 1. The summed E-state index contributed by atoms with van der Waals surface area (Å²) < 4.78 is 0. The highest BCUT2D eigenvalue weighted by Gasteiger charge is 2.47. The molecule has 0 aromatic carbocycles. The number of hydrogen-bond acceptors (Lipinski definition) is 11. The van der Waals surface area contributed by atoms with Gasteiger partial charge in [0.05, 0.1) is 19.8 Å². The minimum atomic E-state index is 0.0205. The molecule has 0 spiro atoms. The van der Waals surface area contributed by atoms with Crippen LogP contribution in [0.25, 0.3) is 0 Å². The van der Waals surface area contributed by atoms with Gasteiger partial charge in [-0.25, -0.2) is 0 Å². The molecule has 2 aliphatic rings. The molecule has 0 bridgehead atoms. The van der Waals surface area contributed by atoms with Crippen molar-refractivity contribution in [2.24, 2.45) is 11.8 Å². The van der Waals surface area contributed by atoms with Gasteiger partial charge in [-0.3, -0.25) is 9.68 Å². The van der Waals surface area contributed by atoms with Gasteiger partial charge in [0.15, 0.2) is 0 Å². The molecule has 2 saturated heterocycles. The first-order valence-electron chi connectivity index (χ1n) is 24.1. The minimum absolute atomic E-state index is 0.0205. The third kappa shape index (κ3) is 18.1. The molecule has 11 nitrogen and oxygen atoms in total. The molecule has 11 heteroatoms. The molecule has 0 atom stereocenters. The molecule has 0 aliphatic carbocycles. The summed E-state index contributed by atoms with van der Waals surface area (Å²) in [5.74, 6) is 3.00. The normalized spacial score (nSPS) is 19.7. The Labute approximate surface area is 356 Å². The highest BCUT2D eigenvalue weighted by Crippen LogP contribution is 2.44. The van der Waals surface area contributed by atoms with E-state index in [1.54, 1.807) is 0 Å². The van der Waals surface area contributed by atoms with E-state index in [0.717, 1.165) is 90.5 Å². The molecule has 1 aromatic heterocycles. The zero-order chi connectivity index (χ0) is 42.5. The highest BCUT2D eigenvalue weighted by molar-refractivity contribution is 5.42. The van der Waals surface area contributed by atoms with Crippen molar-refractivity contribution < 1.29 is 14.8 Å². The first-order chi connectivity index (χ1) is 27.6. The monoisotopic (exact) mass is 817 g/mol. The Hall–Kier alpha value is -1.79. The Kier molecular flexibility index (Phi) is 22.5. The van der Waals surface area contributed by atoms with Crippen molar-refractivity contribution in [1.29, 1.82) is 0 Å². The molecule has 2 aliphatic heterocycles. The summed E-state index contributed by atoms with van der Waals surface area (Å²) >= 11 is 0. The second-order valence-corrected chi connectivity index (χ2v) is 20.4. The van der Waals surface area contributed by atoms with Crippen LogP contribution >= 0.6 is 0 Å². The van der Waals surface area contributed by atoms with E-state index >= 15 is 0 Å². The standard InChI is InChI=1S/C47H92N8O3/c1-11-13-15-17-19-25-33-57-54-44(3,4)35-39(36-45(54,5)6)27-21-23-29-48-41-51-42(53-43(52-41)50-31-32-56)49-30-24-22-28-40-37-46(7,8)55(47(9,10)38-40)58-34-26-20-18-16-14-12-2/h39-40,56H,11-38H2,1-10H3,(H3,48,49,50,51,52,53). The fraction of sp³-hybridized carbons (Fsp3) is 0.936. The van der Waals surface area contributed by atoms with Crippen LogP contribution in [0.15, 0.2) is 0 Å². The topological polar surface area (TPSA) is 120 Å². The van der Waals surface area contributed by atoms with E-state index in [0.29, 0.717) is 36.2 Å². The quantitative estimate of drug-likeness (QED) is 0.0536. The lowest BCUT2D eigenvalue weighted by Gasteiger charge is -2.54. The Bertz CT molecular complexity index is 1120. The molecule has 0 radical (unpaired) electrons. The maximum absolute atomic E-state index is 9.42. The fourth-order valence-corrected chi connectivity index (χ4v) is 10.4. The summed E-state index contributed by atoms with van der Waals surface area (Å²) in [6.07, 6.45) is 26.9. The summed E-state index contributed by atoms with van der Waals surface area (Å²) in [6, 6.07) is 0. The summed E-state index contributed by atoms with van der Waals surface area (Å²) in [4.78, 5) is 26.9. The van der Waals surface area contributed by atoms with Crippen molar-refractivity contribution in [2.75, 3.05) is 55.4 Å². The van der Waals surface area contributed by atoms with Crippen molar-refractivity contribution in [1.82, 2.24) is 25.1 Å². The van der Waals surface area contributed by atoms with E-state index < -0.39 is 0 Å². The third-order valence-electron chi connectivity index (χ3n) is 12.5. The maximum atomic E-state index is 9.42. The van der Waals surface area contributed by atoms with Crippen molar-refractivity contribution in [3.8, 4) is 0 Å². The number of hydroxylamine groups is 4. The number of aromatic nitrogens is 3. The van der Waals surface area contributed by atoms with Gasteiger partial charge >= 0.3 is 0 Å². The van der Waals surface area contributed by atoms with Crippen LogP contribution in [-0.2, 0) is 9.68 Å². The summed E-state index contributed by atoms with van der Waals surface area (Å²) in [5, 5.41) is 24.1. The van der Waals surface area contributed by atoms with E-state index in [9.17, 15) is 5.11 Å². The summed E-state index contributed by atoms with van der Waals surface area (Å²) in [7, 11) is 0. The van der Waals surface area contributed by atoms with Gasteiger partial charge in [-0.2, -0.15) is 25.1 Å². The number of hydrogen-bond donors (Lipinski definition) is 4. The Morgan fingerprint density at radius 2 is 0.810 bits per heavy atom. The molecule has 0 amide bonds. The average molecular weight is 817 g/mol. The van der Waals surface area contributed by atoms with Gasteiger partial charge in [0.1, 0.15) is 0 Å². The van der Waals surface area contributed by atoms with Gasteiger partial charge in [-0.1, -0.05) is 104 Å². The van der Waals surface area contributed by atoms with Crippen LogP contribution in [0, 0.1) is 11.8 Å². The number of anilines is 3. The molecule has 0 saturated carbocycles. The van der Waals surface area contributed by atoms with Crippen LogP contribution < -0.4 is 16.0 Å². The molecular formula is C47H92N8O3.